The van der Waals surface area contributed by atoms with Crippen molar-refractivity contribution < 1.29 is 4.55 Å². The van der Waals surface area contributed by atoms with Gasteiger partial charge in [0.05, 0.1) is 21.8 Å². The summed E-state index contributed by atoms with van der Waals surface area (Å²) in [5, 5.41) is 8.69. The van der Waals surface area contributed by atoms with E-state index in [1.807, 2.05) is 0 Å². The number of hydrogen-bond acceptors (Lipinski definition) is 4. The first-order valence-electron chi connectivity index (χ1n) is 3.85. The third-order valence-corrected chi connectivity index (χ3v) is 4.09. The van der Waals surface area contributed by atoms with Crippen molar-refractivity contribution >= 4 is 32.7 Å². The highest BCUT2D eigenvalue weighted by Gasteiger charge is 2.11. The second-order valence-corrected chi connectivity index (χ2v) is 5.31. The molecule has 70 valence electrons. The summed E-state index contributed by atoms with van der Waals surface area (Å²) in [5.41, 5.74) is 1.41. The van der Waals surface area contributed by atoms with Gasteiger partial charge < -0.3 is 4.55 Å². The number of nitrogens with zero attached hydrogens (tertiary/aromatic N) is 2. The largest absolute Gasteiger partial charge is 0.610 e. The van der Waals surface area contributed by atoms with Gasteiger partial charge in [0.25, 0.3) is 0 Å². The molecule has 0 radical (unpaired) electrons. The molecule has 0 saturated carbocycles. The first-order chi connectivity index (χ1) is 6.70. The summed E-state index contributed by atoms with van der Waals surface area (Å²) in [5.74, 6) is 0. The van der Waals surface area contributed by atoms with E-state index >= 15 is 0 Å². The fourth-order valence-corrected chi connectivity index (χ4v) is 2.80. The monoisotopic (exact) mass is 222 g/mol. The van der Waals surface area contributed by atoms with Crippen molar-refractivity contribution in [3.05, 3.63) is 23.8 Å². The van der Waals surface area contributed by atoms with E-state index in [0.29, 0.717) is 9.90 Å². The van der Waals surface area contributed by atoms with E-state index in [1.54, 1.807) is 24.5 Å². The van der Waals surface area contributed by atoms with Crippen LogP contribution in [0.1, 0.15) is 5.56 Å². The molecule has 1 heterocycles. The molecular formula is C9H6N2OS2. The maximum Gasteiger partial charge on any atom is 0.302 e. The Hall–Kier alpha value is -1.09. The first-order valence-corrected chi connectivity index (χ1v) is 6.22. The summed E-state index contributed by atoms with van der Waals surface area (Å²) < 4.78 is 12.7. The lowest BCUT2D eigenvalue weighted by molar-refractivity contribution is 0.600. The zero-order chi connectivity index (χ0) is 10.1. The van der Waals surface area contributed by atoms with E-state index in [-0.39, 0.29) is 0 Å². The highest BCUT2D eigenvalue weighted by atomic mass is 32.2. The Kier molecular flexibility index (Phi) is 2.42. The Morgan fingerprint density at radius 2 is 2.36 bits per heavy atom. The molecule has 0 saturated heterocycles. The maximum absolute atomic E-state index is 11.2. The van der Waals surface area contributed by atoms with E-state index in [1.165, 1.54) is 11.3 Å². The predicted molar refractivity (Wildman–Crippen MR) is 56.7 cm³/mol. The van der Waals surface area contributed by atoms with Crippen molar-refractivity contribution in [2.24, 2.45) is 0 Å². The fraction of sp³-hybridized carbons (Fsp3) is 0.111. The van der Waals surface area contributed by atoms with Gasteiger partial charge in [-0.2, -0.15) is 10.2 Å². The summed E-state index contributed by atoms with van der Waals surface area (Å²) >= 11 is 0.327. The molecular weight excluding hydrogens is 216 g/mol. The maximum atomic E-state index is 11.2. The number of hydrogen-bond donors (Lipinski definition) is 0. The molecule has 0 spiro atoms. The quantitative estimate of drug-likeness (QED) is 0.692. The summed E-state index contributed by atoms with van der Waals surface area (Å²) in [7, 11) is 0. The summed E-state index contributed by atoms with van der Waals surface area (Å²) in [6, 6.07) is 7.32. The van der Waals surface area contributed by atoms with Gasteiger partial charge in [0, 0.05) is 11.2 Å². The van der Waals surface area contributed by atoms with Crippen LogP contribution in [0.15, 0.2) is 22.5 Å². The van der Waals surface area contributed by atoms with Crippen molar-refractivity contribution in [2.75, 3.05) is 6.26 Å². The second-order valence-electron chi connectivity index (χ2n) is 2.73. The molecule has 3 nitrogen and oxygen atoms in total. The third-order valence-electron chi connectivity index (χ3n) is 1.74. The van der Waals surface area contributed by atoms with Crippen LogP contribution in [-0.2, 0) is 11.2 Å². The van der Waals surface area contributed by atoms with Crippen LogP contribution in [0.3, 0.4) is 0 Å². The minimum absolute atomic E-state index is 0.606. The third kappa shape index (κ3) is 1.60. The molecule has 0 amide bonds. The average molecular weight is 222 g/mol. The SMILES string of the molecule is C[S+]([O-])c1nc2ccc(C#N)cc2s1. The van der Waals surface area contributed by atoms with E-state index < -0.39 is 11.2 Å². The standard InChI is InChI=1S/C9H6N2OS2/c1-14(12)9-11-7-3-2-6(5-10)4-8(7)13-9/h2-4H,1H3. The molecule has 1 atom stereocenters. The van der Waals surface area contributed by atoms with Crippen LogP contribution in [0.2, 0.25) is 0 Å². The topological polar surface area (TPSA) is 59.7 Å². The molecule has 2 aromatic rings. The Morgan fingerprint density at radius 3 is 3.00 bits per heavy atom. The lowest BCUT2D eigenvalue weighted by Gasteiger charge is -1.95. The lowest BCUT2D eigenvalue weighted by atomic mass is 10.2. The smallest absolute Gasteiger partial charge is 0.302 e. The van der Waals surface area contributed by atoms with Gasteiger partial charge >= 0.3 is 4.34 Å². The fourth-order valence-electron chi connectivity index (χ4n) is 1.10. The van der Waals surface area contributed by atoms with Crippen molar-refractivity contribution in [2.45, 2.75) is 4.34 Å². The van der Waals surface area contributed by atoms with Crippen LogP contribution >= 0.6 is 11.3 Å². The Morgan fingerprint density at radius 1 is 1.57 bits per heavy atom. The molecule has 1 unspecified atom stereocenters. The van der Waals surface area contributed by atoms with Crippen LogP contribution in [0, 0.1) is 11.3 Å². The van der Waals surface area contributed by atoms with Gasteiger partial charge in [0.2, 0.25) is 0 Å². The number of nitriles is 1. The van der Waals surface area contributed by atoms with Gasteiger partial charge in [0.1, 0.15) is 6.26 Å². The van der Waals surface area contributed by atoms with E-state index in [0.717, 1.165) is 10.2 Å². The molecule has 1 aromatic heterocycles. The zero-order valence-corrected chi connectivity index (χ0v) is 8.98. The molecule has 0 aliphatic rings. The van der Waals surface area contributed by atoms with Gasteiger partial charge in [-0.05, 0) is 18.2 Å². The van der Waals surface area contributed by atoms with Gasteiger partial charge in [0.15, 0.2) is 0 Å². The molecule has 5 heteroatoms. The van der Waals surface area contributed by atoms with Gasteiger partial charge in [-0.1, -0.05) is 11.3 Å². The predicted octanol–water partition coefficient (Wildman–Crippen LogP) is 1.91. The molecule has 0 fully saturated rings. The van der Waals surface area contributed by atoms with Crippen molar-refractivity contribution in [1.82, 2.24) is 4.98 Å². The molecule has 1 aromatic carbocycles. The Labute approximate surface area is 88.2 Å². The minimum Gasteiger partial charge on any atom is -0.610 e. The van der Waals surface area contributed by atoms with Gasteiger partial charge in [-0.15, -0.1) is 0 Å². The number of thiazole rings is 1. The number of rotatable bonds is 1. The molecule has 0 bridgehead atoms. The van der Waals surface area contributed by atoms with E-state index in [4.69, 9.17) is 5.26 Å². The average Bonchev–Trinajstić information content (AvgIpc) is 2.59. The molecule has 2 rings (SSSR count). The molecule has 0 aliphatic heterocycles. The van der Waals surface area contributed by atoms with Crippen molar-refractivity contribution in [1.29, 1.82) is 5.26 Å². The normalized spacial score (nSPS) is 12.6. The first kappa shape index (κ1) is 9.46. The van der Waals surface area contributed by atoms with E-state index in [2.05, 4.69) is 11.1 Å². The van der Waals surface area contributed by atoms with E-state index in [9.17, 15) is 4.55 Å². The van der Waals surface area contributed by atoms with Crippen LogP contribution in [0.4, 0.5) is 0 Å². The van der Waals surface area contributed by atoms with Crippen LogP contribution in [0.25, 0.3) is 10.2 Å². The highest BCUT2D eigenvalue weighted by molar-refractivity contribution is 7.92. The molecule has 14 heavy (non-hydrogen) atoms. The number of benzene rings is 1. The van der Waals surface area contributed by atoms with Crippen LogP contribution < -0.4 is 0 Å². The van der Waals surface area contributed by atoms with Gasteiger partial charge in [-0.25, -0.2) is 0 Å². The zero-order valence-electron chi connectivity index (χ0n) is 7.35. The second kappa shape index (κ2) is 3.58. The summed E-state index contributed by atoms with van der Waals surface area (Å²) in [6.07, 6.45) is 1.60. The molecule has 0 aliphatic carbocycles. The number of aromatic nitrogens is 1. The minimum atomic E-state index is -1.05. The Bertz CT molecular complexity index is 513. The highest BCUT2D eigenvalue weighted by Crippen LogP contribution is 2.25. The Balaban J connectivity index is 2.61. The van der Waals surface area contributed by atoms with Crippen LogP contribution in [0.5, 0.6) is 0 Å². The van der Waals surface area contributed by atoms with Crippen molar-refractivity contribution in [3.63, 3.8) is 0 Å². The van der Waals surface area contributed by atoms with Crippen LogP contribution in [-0.4, -0.2) is 15.8 Å². The lowest BCUT2D eigenvalue weighted by Crippen LogP contribution is -1.94. The number of fused-ring (bicyclic) bond motifs is 1. The van der Waals surface area contributed by atoms with Gasteiger partial charge in [-0.3, -0.25) is 0 Å². The van der Waals surface area contributed by atoms with Crippen molar-refractivity contribution in [3.8, 4) is 6.07 Å². The summed E-state index contributed by atoms with van der Waals surface area (Å²) in [4.78, 5) is 4.20. The molecule has 0 N–H and O–H groups in total. The summed E-state index contributed by atoms with van der Waals surface area (Å²) in [6.45, 7) is 0.